The smallest absolute Gasteiger partial charge is 0.245 e. The van der Waals surface area contributed by atoms with Gasteiger partial charge >= 0.3 is 0 Å². The fourth-order valence-electron chi connectivity index (χ4n) is 0.246. The van der Waals surface area contributed by atoms with E-state index in [-0.39, 0.29) is 13.2 Å². The number of hydrogen-bond donors (Lipinski definition) is 2. The van der Waals surface area contributed by atoms with Gasteiger partial charge in [0.1, 0.15) is 6.61 Å². The third-order valence-corrected chi connectivity index (χ3v) is 0.568. The molecule has 0 saturated carbocycles. The van der Waals surface area contributed by atoms with E-state index < -0.39 is 12.5 Å². The molecule has 0 unspecified atom stereocenters. The van der Waals surface area contributed by atoms with Gasteiger partial charge in [-0.25, -0.2) is 5.11 Å². The summed E-state index contributed by atoms with van der Waals surface area (Å²) in [4.78, 5) is 10.1. The van der Waals surface area contributed by atoms with Crippen molar-refractivity contribution in [1.29, 1.82) is 0 Å². The molecule has 0 heterocycles. The van der Waals surface area contributed by atoms with Gasteiger partial charge in [0.2, 0.25) is 5.91 Å². The van der Waals surface area contributed by atoms with E-state index in [1.807, 2.05) is 0 Å². The first-order chi connectivity index (χ1) is 3.81. The van der Waals surface area contributed by atoms with Crippen molar-refractivity contribution in [2.45, 2.75) is 0 Å². The van der Waals surface area contributed by atoms with E-state index in [4.69, 9.17) is 5.11 Å². The summed E-state index contributed by atoms with van der Waals surface area (Å²) in [6.07, 6.45) is 0. The average molecular weight is 118 g/mol. The number of hydrogen-bond acceptors (Lipinski definition) is 2. The molecule has 47 valence electrons. The Morgan fingerprint density at radius 2 is 2.25 bits per heavy atom. The van der Waals surface area contributed by atoms with Crippen molar-refractivity contribution in [3.05, 3.63) is 0 Å². The molecule has 0 aliphatic carbocycles. The molecule has 0 bridgehead atoms. The minimum atomic E-state index is -0.542. The molecule has 4 heteroatoms. The minimum absolute atomic E-state index is 0.0966. The lowest BCUT2D eigenvalue weighted by Gasteiger charge is -1.95. The zero-order chi connectivity index (χ0) is 6.41. The fourth-order valence-corrected chi connectivity index (χ4v) is 0.246. The third-order valence-electron chi connectivity index (χ3n) is 0.568. The molecular formula is C4H8NO3. The Morgan fingerprint density at radius 1 is 1.62 bits per heavy atom. The van der Waals surface area contributed by atoms with Gasteiger partial charge in [-0.05, 0) is 0 Å². The number of aliphatic hydroxyl groups excluding tert-OH is 1. The second kappa shape index (κ2) is 4.55. The van der Waals surface area contributed by atoms with E-state index in [0.29, 0.717) is 0 Å². The molecule has 0 aliphatic rings. The molecule has 0 aliphatic heterocycles. The van der Waals surface area contributed by atoms with Crippen LogP contribution >= 0.6 is 0 Å². The first kappa shape index (κ1) is 7.39. The number of carbonyl (C=O) groups excluding carboxylic acids is 1. The molecule has 1 radical (unpaired) electrons. The van der Waals surface area contributed by atoms with Crippen molar-refractivity contribution < 1.29 is 15.0 Å². The molecular weight excluding hydrogens is 110 g/mol. The number of rotatable bonds is 3. The van der Waals surface area contributed by atoms with Crippen LogP contribution in [-0.2, 0) is 9.90 Å². The van der Waals surface area contributed by atoms with E-state index in [0.717, 1.165) is 0 Å². The maximum absolute atomic E-state index is 10.1. The summed E-state index contributed by atoms with van der Waals surface area (Å²) in [5, 5.41) is 19.9. The Morgan fingerprint density at radius 3 is 2.62 bits per heavy atom. The largest absolute Gasteiger partial charge is 0.387 e. The predicted molar refractivity (Wildman–Crippen MR) is 25.6 cm³/mol. The number of amides is 1. The van der Waals surface area contributed by atoms with Crippen LogP contribution in [0.4, 0.5) is 0 Å². The molecule has 0 saturated heterocycles. The van der Waals surface area contributed by atoms with Crippen LogP contribution in [0.5, 0.6) is 0 Å². The van der Waals surface area contributed by atoms with Crippen LogP contribution < -0.4 is 5.32 Å². The Balaban J connectivity index is 2.99. The SMILES string of the molecule is [O]CCNC(=O)CO. The van der Waals surface area contributed by atoms with Gasteiger partial charge in [0.15, 0.2) is 0 Å². The van der Waals surface area contributed by atoms with Crippen molar-refractivity contribution in [2.24, 2.45) is 0 Å². The summed E-state index contributed by atoms with van der Waals surface area (Å²) in [6.45, 7) is -0.787. The average Bonchev–Trinajstić information content (AvgIpc) is 1.83. The highest BCUT2D eigenvalue weighted by Crippen LogP contribution is 1.59. The van der Waals surface area contributed by atoms with E-state index in [2.05, 4.69) is 5.32 Å². The monoisotopic (exact) mass is 118 g/mol. The molecule has 4 nitrogen and oxygen atoms in total. The van der Waals surface area contributed by atoms with Gasteiger partial charge in [-0.1, -0.05) is 0 Å². The summed E-state index contributed by atoms with van der Waals surface area (Å²) < 4.78 is 0. The van der Waals surface area contributed by atoms with Gasteiger partial charge in [0.25, 0.3) is 0 Å². The summed E-state index contributed by atoms with van der Waals surface area (Å²) in [7, 11) is 0. The van der Waals surface area contributed by atoms with Crippen LogP contribution in [0, 0.1) is 0 Å². The van der Waals surface area contributed by atoms with Crippen LogP contribution in [0.25, 0.3) is 0 Å². The van der Waals surface area contributed by atoms with Gasteiger partial charge in [-0.15, -0.1) is 0 Å². The molecule has 0 spiro atoms. The fraction of sp³-hybridized carbons (Fsp3) is 0.750. The Hall–Kier alpha value is -0.610. The molecule has 0 aromatic carbocycles. The van der Waals surface area contributed by atoms with Crippen LogP contribution in [-0.4, -0.2) is 30.8 Å². The zero-order valence-electron chi connectivity index (χ0n) is 4.39. The molecule has 0 aromatic heterocycles. The van der Waals surface area contributed by atoms with Crippen molar-refractivity contribution in [3.8, 4) is 0 Å². The summed E-state index contributed by atoms with van der Waals surface area (Å²) in [5.41, 5.74) is 0. The van der Waals surface area contributed by atoms with Gasteiger partial charge in [-0.2, -0.15) is 0 Å². The maximum atomic E-state index is 10.1. The lowest BCUT2D eigenvalue weighted by molar-refractivity contribution is -0.124. The number of nitrogens with one attached hydrogen (secondary N) is 1. The highest BCUT2D eigenvalue weighted by Gasteiger charge is 1.92. The second-order valence-electron chi connectivity index (χ2n) is 1.21. The van der Waals surface area contributed by atoms with Crippen LogP contribution in [0.15, 0.2) is 0 Å². The van der Waals surface area contributed by atoms with Gasteiger partial charge < -0.3 is 10.4 Å². The van der Waals surface area contributed by atoms with Gasteiger partial charge in [0.05, 0.1) is 6.61 Å². The second-order valence-corrected chi connectivity index (χ2v) is 1.21. The quantitative estimate of drug-likeness (QED) is 0.474. The van der Waals surface area contributed by atoms with Crippen molar-refractivity contribution in [2.75, 3.05) is 19.8 Å². The highest BCUT2D eigenvalue weighted by molar-refractivity contribution is 5.76. The van der Waals surface area contributed by atoms with Crippen LogP contribution in [0.1, 0.15) is 0 Å². The maximum Gasteiger partial charge on any atom is 0.245 e. The number of aliphatic hydroxyl groups is 1. The van der Waals surface area contributed by atoms with E-state index in [9.17, 15) is 9.90 Å². The van der Waals surface area contributed by atoms with Gasteiger partial charge in [0, 0.05) is 6.54 Å². The molecule has 0 fully saturated rings. The molecule has 8 heavy (non-hydrogen) atoms. The highest BCUT2D eigenvalue weighted by atomic mass is 16.3. The molecule has 2 N–H and O–H groups in total. The van der Waals surface area contributed by atoms with E-state index >= 15 is 0 Å². The Bertz CT molecular complexity index is 73.7. The minimum Gasteiger partial charge on any atom is -0.387 e. The van der Waals surface area contributed by atoms with E-state index in [1.54, 1.807) is 0 Å². The first-order valence-corrected chi connectivity index (χ1v) is 2.27. The molecule has 0 atom stereocenters. The Kier molecular flexibility index (Phi) is 4.20. The van der Waals surface area contributed by atoms with Crippen LogP contribution in [0.3, 0.4) is 0 Å². The molecule has 0 aromatic rings. The third kappa shape index (κ3) is 3.58. The van der Waals surface area contributed by atoms with Crippen molar-refractivity contribution >= 4 is 5.91 Å². The molecule has 0 rings (SSSR count). The normalized spacial score (nSPS) is 8.75. The van der Waals surface area contributed by atoms with Crippen molar-refractivity contribution in [3.63, 3.8) is 0 Å². The summed E-state index contributed by atoms with van der Waals surface area (Å²) in [6, 6.07) is 0. The number of carbonyl (C=O) groups is 1. The van der Waals surface area contributed by atoms with Crippen molar-refractivity contribution in [1.82, 2.24) is 5.32 Å². The van der Waals surface area contributed by atoms with Crippen LogP contribution in [0.2, 0.25) is 0 Å². The zero-order valence-corrected chi connectivity index (χ0v) is 4.39. The Labute approximate surface area is 47.1 Å². The summed E-state index contributed by atoms with van der Waals surface area (Å²) in [5.74, 6) is -0.499. The molecule has 1 amide bonds. The lowest BCUT2D eigenvalue weighted by atomic mass is 10.6. The van der Waals surface area contributed by atoms with E-state index in [1.165, 1.54) is 0 Å². The topological polar surface area (TPSA) is 69.2 Å². The standard InChI is InChI=1S/C4H8NO3/c6-2-1-5-4(8)3-7/h7H,1-3H2,(H,5,8). The predicted octanol–water partition coefficient (Wildman–Crippen LogP) is -1.47. The van der Waals surface area contributed by atoms with Gasteiger partial charge in [-0.3, -0.25) is 4.79 Å². The lowest BCUT2D eigenvalue weighted by Crippen LogP contribution is -2.28. The summed E-state index contributed by atoms with van der Waals surface area (Å²) >= 11 is 0. The first-order valence-electron chi connectivity index (χ1n) is 2.27.